The normalized spacial score (nSPS) is 13.3. The molecule has 2 atom stereocenters. The third kappa shape index (κ3) is 32.3. The first-order chi connectivity index (χ1) is 21.7. The number of hydrogen-bond acceptors (Lipinski definition) is 3. The molecule has 0 saturated heterocycles. The number of allylic oxidation sites excluding steroid dienone is 4. The van der Waals surface area contributed by atoms with E-state index in [1.807, 2.05) is 0 Å². The second kappa shape index (κ2) is 36.3. The van der Waals surface area contributed by atoms with Crippen LogP contribution in [-0.2, 0) is 4.79 Å². The predicted octanol–water partition coefficient (Wildman–Crippen LogP) is 11.7. The fourth-order valence-corrected chi connectivity index (χ4v) is 5.88. The van der Waals surface area contributed by atoms with Gasteiger partial charge in [-0.2, -0.15) is 0 Å². The van der Waals surface area contributed by atoms with Crippen molar-refractivity contribution in [1.29, 1.82) is 0 Å². The average Bonchev–Trinajstić information content (AvgIpc) is 3.03. The van der Waals surface area contributed by atoms with E-state index in [1.54, 1.807) is 0 Å². The number of carbonyl (C=O) groups excluding carboxylic acids is 1. The summed E-state index contributed by atoms with van der Waals surface area (Å²) in [5.41, 5.74) is 0. The maximum absolute atomic E-state index is 12.3. The number of nitrogens with one attached hydrogen (secondary N) is 1. The van der Waals surface area contributed by atoms with E-state index in [0.717, 1.165) is 32.1 Å². The van der Waals surface area contributed by atoms with E-state index >= 15 is 0 Å². The van der Waals surface area contributed by atoms with E-state index in [0.29, 0.717) is 12.8 Å². The minimum Gasteiger partial charge on any atom is -0.394 e. The van der Waals surface area contributed by atoms with Gasteiger partial charge in [-0.1, -0.05) is 160 Å². The molecular formula is C40H77NO3. The van der Waals surface area contributed by atoms with Crippen LogP contribution < -0.4 is 5.32 Å². The van der Waals surface area contributed by atoms with Gasteiger partial charge in [-0.05, 0) is 64.2 Å². The smallest absolute Gasteiger partial charge is 0.220 e. The fraction of sp³-hybridized carbons (Fsp3) is 0.875. The molecule has 0 bridgehead atoms. The van der Waals surface area contributed by atoms with Gasteiger partial charge in [0, 0.05) is 6.42 Å². The zero-order valence-corrected chi connectivity index (χ0v) is 29.7. The van der Waals surface area contributed by atoms with Crippen LogP contribution in [0.25, 0.3) is 0 Å². The van der Waals surface area contributed by atoms with Crippen molar-refractivity contribution in [2.24, 2.45) is 0 Å². The molecule has 44 heavy (non-hydrogen) atoms. The maximum Gasteiger partial charge on any atom is 0.220 e. The highest BCUT2D eigenvalue weighted by molar-refractivity contribution is 5.76. The van der Waals surface area contributed by atoms with Gasteiger partial charge in [-0.25, -0.2) is 0 Å². The minimum atomic E-state index is -0.679. The topological polar surface area (TPSA) is 69.6 Å². The van der Waals surface area contributed by atoms with Crippen LogP contribution in [0.4, 0.5) is 0 Å². The van der Waals surface area contributed by atoms with Crippen molar-refractivity contribution >= 4 is 5.91 Å². The Bertz CT molecular complexity index is 632. The minimum absolute atomic E-state index is 0.0441. The van der Waals surface area contributed by atoms with Crippen LogP contribution in [0.1, 0.15) is 206 Å². The van der Waals surface area contributed by atoms with Crippen molar-refractivity contribution < 1.29 is 15.0 Å². The summed E-state index contributed by atoms with van der Waals surface area (Å²) in [5, 5.41) is 23.0. The third-order valence-electron chi connectivity index (χ3n) is 8.93. The van der Waals surface area contributed by atoms with Crippen molar-refractivity contribution in [2.75, 3.05) is 6.61 Å². The van der Waals surface area contributed by atoms with Gasteiger partial charge in [0.15, 0.2) is 0 Å². The summed E-state index contributed by atoms with van der Waals surface area (Å²) in [6, 6.07) is -0.550. The van der Waals surface area contributed by atoms with Gasteiger partial charge in [0.2, 0.25) is 5.91 Å². The Balaban J connectivity index is 3.56. The molecule has 0 radical (unpaired) electrons. The monoisotopic (exact) mass is 620 g/mol. The van der Waals surface area contributed by atoms with Crippen LogP contribution in [0.3, 0.4) is 0 Å². The summed E-state index contributed by atoms with van der Waals surface area (Å²) in [5.74, 6) is -0.0441. The van der Waals surface area contributed by atoms with E-state index < -0.39 is 12.1 Å². The standard InChI is InChI=1S/C40H77NO3/c1-3-5-7-9-11-13-15-17-18-19-20-21-22-24-26-28-30-32-34-36-40(44)41-38(37-42)39(43)35-33-31-29-27-25-23-16-14-12-10-8-6-4-2/h17-18,25,27,38-39,42-43H,3-16,19-24,26,28-37H2,1-2H3,(H,41,44)/b18-17+,27-25+/t38-,39+/m0/s1. The number of carbonyl (C=O) groups is 1. The van der Waals surface area contributed by atoms with Crippen molar-refractivity contribution in [3.8, 4) is 0 Å². The summed E-state index contributed by atoms with van der Waals surface area (Å²) in [7, 11) is 0. The highest BCUT2D eigenvalue weighted by Crippen LogP contribution is 2.14. The van der Waals surface area contributed by atoms with Crippen molar-refractivity contribution in [2.45, 2.75) is 219 Å². The highest BCUT2D eigenvalue weighted by atomic mass is 16.3. The summed E-state index contributed by atoms with van der Waals surface area (Å²) >= 11 is 0. The molecular weight excluding hydrogens is 542 g/mol. The van der Waals surface area contributed by atoms with Crippen LogP contribution in [0, 0.1) is 0 Å². The lowest BCUT2D eigenvalue weighted by Gasteiger charge is -2.22. The molecule has 0 unspecified atom stereocenters. The zero-order valence-electron chi connectivity index (χ0n) is 29.7. The molecule has 0 rings (SSSR count). The molecule has 3 N–H and O–H groups in total. The molecule has 0 aliphatic carbocycles. The zero-order chi connectivity index (χ0) is 32.2. The number of rotatable bonds is 35. The van der Waals surface area contributed by atoms with E-state index in [1.165, 1.54) is 148 Å². The van der Waals surface area contributed by atoms with E-state index in [-0.39, 0.29) is 12.5 Å². The quantitative estimate of drug-likeness (QED) is 0.0488. The summed E-state index contributed by atoms with van der Waals surface area (Å²) in [6.07, 6.45) is 45.2. The Hall–Kier alpha value is -1.13. The van der Waals surface area contributed by atoms with Gasteiger partial charge >= 0.3 is 0 Å². The molecule has 4 heteroatoms. The lowest BCUT2D eigenvalue weighted by Crippen LogP contribution is -2.45. The predicted molar refractivity (Wildman–Crippen MR) is 193 cm³/mol. The number of aliphatic hydroxyl groups is 2. The average molecular weight is 620 g/mol. The first-order valence-corrected chi connectivity index (χ1v) is 19.5. The molecule has 260 valence electrons. The van der Waals surface area contributed by atoms with Gasteiger partial charge in [-0.15, -0.1) is 0 Å². The Labute approximate surface area is 275 Å². The molecule has 0 fully saturated rings. The van der Waals surface area contributed by atoms with E-state index in [4.69, 9.17) is 0 Å². The first kappa shape index (κ1) is 42.9. The van der Waals surface area contributed by atoms with Crippen LogP contribution >= 0.6 is 0 Å². The number of hydrogen-bond donors (Lipinski definition) is 3. The van der Waals surface area contributed by atoms with Crippen molar-refractivity contribution in [3.63, 3.8) is 0 Å². The SMILES string of the molecule is CCCCCCCC/C=C/CCCCCCCCCCCC(=O)N[C@@H](CO)[C@H](O)CCCC/C=C/CCCCCCCCC. The summed E-state index contributed by atoms with van der Waals surface area (Å²) in [6.45, 7) is 4.33. The second-order valence-corrected chi connectivity index (χ2v) is 13.3. The second-order valence-electron chi connectivity index (χ2n) is 13.3. The molecule has 4 nitrogen and oxygen atoms in total. The Morgan fingerprint density at radius 2 is 0.864 bits per heavy atom. The lowest BCUT2D eigenvalue weighted by atomic mass is 10.0. The third-order valence-corrected chi connectivity index (χ3v) is 8.93. The lowest BCUT2D eigenvalue weighted by molar-refractivity contribution is -0.123. The van der Waals surface area contributed by atoms with Crippen molar-refractivity contribution in [3.05, 3.63) is 24.3 Å². The highest BCUT2D eigenvalue weighted by Gasteiger charge is 2.19. The summed E-state index contributed by atoms with van der Waals surface area (Å²) < 4.78 is 0. The maximum atomic E-state index is 12.3. The number of aliphatic hydroxyl groups excluding tert-OH is 2. The van der Waals surface area contributed by atoms with Gasteiger partial charge in [0.05, 0.1) is 18.8 Å². The molecule has 0 aliphatic rings. The largest absolute Gasteiger partial charge is 0.394 e. The number of unbranched alkanes of at least 4 members (excludes halogenated alkanes) is 24. The molecule has 0 aromatic rings. The molecule has 0 aromatic heterocycles. The van der Waals surface area contributed by atoms with Crippen molar-refractivity contribution in [1.82, 2.24) is 5.32 Å². The Morgan fingerprint density at radius 1 is 0.523 bits per heavy atom. The summed E-state index contributed by atoms with van der Waals surface area (Å²) in [4.78, 5) is 12.3. The molecule has 0 heterocycles. The fourth-order valence-electron chi connectivity index (χ4n) is 5.88. The van der Waals surface area contributed by atoms with Crippen LogP contribution in [0.15, 0.2) is 24.3 Å². The van der Waals surface area contributed by atoms with E-state index in [2.05, 4.69) is 43.5 Å². The van der Waals surface area contributed by atoms with Crippen LogP contribution in [0.5, 0.6) is 0 Å². The molecule has 0 spiro atoms. The van der Waals surface area contributed by atoms with Gasteiger partial charge in [-0.3, -0.25) is 4.79 Å². The van der Waals surface area contributed by atoms with Crippen LogP contribution in [-0.4, -0.2) is 34.9 Å². The van der Waals surface area contributed by atoms with Gasteiger partial charge < -0.3 is 15.5 Å². The number of amides is 1. The molecule has 0 saturated carbocycles. The molecule has 0 aliphatic heterocycles. The Morgan fingerprint density at radius 3 is 1.25 bits per heavy atom. The molecule has 0 aromatic carbocycles. The van der Waals surface area contributed by atoms with Gasteiger partial charge in [0.1, 0.15) is 0 Å². The first-order valence-electron chi connectivity index (χ1n) is 19.5. The van der Waals surface area contributed by atoms with Gasteiger partial charge in [0.25, 0.3) is 0 Å². The van der Waals surface area contributed by atoms with E-state index in [9.17, 15) is 15.0 Å². The molecule has 1 amide bonds. The Kier molecular flexibility index (Phi) is 35.4. The van der Waals surface area contributed by atoms with Crippen LogP contribution in [0.2, 0.25) is 0 Å².